The molecule has 1 aliphatic rings. The number of benzene rings is 3. The molecule has 4 aromatic rings. The number of hydrogen-bond donors (Lipinski definition) is 2. The Morgan fingerprint density at radius 2 is 1.83 bits per heavy atom. The highest BCUT2D eigenvalue weighted by Crippen LogP contribution is 2.24. The second-order valence-electron chi connectivity index (χ2n) is 9.17. The van der Waals surface area contributed by atoms with Gasteiger partial charge >= 0.3 is 0 Å². The van der Waals surface area contributed by atoms with Crippen molar-refractivity contribution in [3.8, 4) is 0 Å². The minimum absolute atomic E-state index is 0.00656. The van der Waals surface area contributed by atoms with Gasteiger partial charge in [0.1, 0.15) is 11.6 Å². The molecule has 1 aliphatic heterocycles. The van der Waals surface area contributed by atoms with Crippen molar-refractivity contribution in [2.45, 2.75) is 32.2 Å². The number of H-pyrrole nitrogens is 1. The maximum Gasteiger partial charge on any atom is 0.254 e. The Kier molecular flexibility index (Phi) is 6.74. The van der Waals surface area contributed by atoms with Crippen molar-refractivity contribution in [1.82, 2.24) is 20.2 Å². The van der Waals surface area contributed by atoms with Gasteiger partial charge in [0, 0.05) is 29.2 Å². The highest BCUT2D eigenvalue weighted by atomic mass is 35.5. The summed E-state index contributed by atoms with van der Waals surface area (Å²) >= 11 is 6.12. The van der Waals surface area contributed by atoms with Gasteiger partial charge < -0.3 is 15.2 Å². The van der Waals surface area contributed by atoms with Gasteiger partial charge in [0.2, 0.25) is 0 Å². The van der Waals surface area contributed by atoms with Gasteiger partial charge in [-0.05, 0) is 85.8 Å². The van der Waals surface area contributed by atoms with E-state index in [9.17, 15) is 14.0 Å². The fourth-order valence-corrected chi connectivity index (χ4v) is 4.78. The van der Waals surface area contributed by atoms with E-state index in [0.717, 1.165) is 42.6 Å². The third kappa shape index (κ3) is 5.11. The maximum atomic E-state index is 13.5. The molecule has 3 aromatic carbocycles. The number of likely N-dealkylation sites (tertiary alicyclic amines) is 1. The number of aromatic amines is 1. The number of hydrogen-bond acceptors (Lipinski definition) is 3. The smallest absolute Gasteiger partial charge is 0.254 e. The van der Waals surface area contributed by atoms with Crippen LogP contribution >= 0.6 is 11.6 Å². The zero-order valence-corrected chi connectivity index (χ0v) is 20.6. The van der Waals surface area contributed by atoms with Crippen molar-refractivity contribution in [3.63, 3.8) is 0 Å². The first-order chi connectivity index (χ1) is 17.4. The minimum Gasteiger partial charge on any atom is -0.342 e. The minimum atomic E-state index is -0.500. The molecular formula is C28H26ClFN4O2. The summed E-state index contributed by atoms with van der Waals surface area (Å²) < 4.78 is 13.5. The molecular weight excluding hydrogens is 479 g/mol. The van der Waals surface area contributed by atoms with Crippen LogP contribution in [-0.4, -0.2) is 39.8 Å². The van der Waals surface area contributed by atoms with E-state index in [-0.39, 0.29) is 17.6 Å². The van der Waals surface area contributed by atoms with E-state index in [0.29, 0.717) is 33.9 Å². The normalized spacial score (nSPS) is 14.2. The standard InChI is InChI=1S/C28H26ClFN4O2/c1-17-14-19(6-10-22(17)28(36)34-12-2-3-13-34)27(35)33-25(15-18-4-8-21(30)9-5-18)26-31-23-11-7-20(29)16-24(23)32-26/h4-11,14,16,25H,2-3,12-13,15H2,1H3,(H,31,32)(H,33,35)/t25-/m0/s1. The largest absolute Gasteiger partial charge is 0.342 e. The molecule has 5 rings (SSSR count). The Labute approximate surface area is 213 Å². The molecule has 1 aromatic heterocycles. The summed E-state index contributed by atoms with van der Waals surface area (Å²) in [6, 6.07) is 16.2. The van der Waals surface area contributed by atoms with E-state index in [2.05, 4.69) is 15.3 Å². The molecule has 0 spiro atoms. The van der Waals surface area contributed by atoms with Crippen LogP contribution in [-0.2, 0) is 6.42 Å². The van der Waals surface area contributed by atoms with Crippen molar-refractivity contribution in [2.24, 2.45) is 0 Å². The first-order valence-corrected chi connectivity index (χ1v) is 12.4. The number of fused-ring (bicyclic) bond motifs is 1. The van der Waals surface area contributed by atoms with E-state index in [1.165, 1.54) is 12.1 Å². The van der Waals surface area contributed by atoms with Crippen LogP contribution in [0.25, 0.3) is 11.0 Å². The van der Waals surface area contributed by atoms with Gasteiger partial charge in [-0.1, -0.05) is 23.7 Å². The van der Waals surface area contributed by atoms with Crippen LogP contribution in [0, 0.1) is 12.7 Å². The lowest BCUT2D eigenvalue weighted by Crippen LogP contribution is -2.31. The van der Waals surface area contributed by atoms with E-state index in [4.69, 9.17) is 11.6 Å². The summed E-state index contributed by atoms with van der Waals surface area (Å²) in [6.07, 6.45) is 2.45. The summed E-state index contributed by atoms with van der Waals surface area (Å²) in [5.74, 6) is -0.0322. The highest BCUT2D eigenvalue weighted by molar-refractivity contribution is 6.31. The molecule has 36 heavy (non-hydrogen) atoms. The van der Waals surface area contributed by atoms with Crippen molar-refractivity contribution >= 4 is 34.4 Å². The number of nitrogens with zero attached hydrogens (tertiary/aromatic N) is 2. The lowest BCUT2D eigenvalue weighted by molar-refractivity contribution is 0.0791. The van der Waals surface area contributed by atoms with Gasteiger partial charge in [-0.25, -0.2) is 9.37 Å². The molecule has 0 bridgehead atoms. The molecule has 1 fully saturated rings. The highest BCUT2D eigenvalue weighted by Gasteiger charge is 2.23. The molecule has 1 saturated heterocycles. The summed E-state index contributed by atoms with van der Waals surface area (Å²) in [7, 11) is 0. The van der Waals surface area contributed by atoms with Gasteiger partial charge in [0.05, 0.1) is 17.1 Å². The zero-order chi connectivity index (χ0) is 25.2. The summed E-state index contributed by atoms with van der Waals surface area (Å²) in [6.45, 7) is 3.39. The van der Waals surface area contributed by atoms with Crippen LogP contribution in [0.15, 0.2) is 60.7 Å². The van der Waals surface area contributed by atoms with Gasteiger partial charge in [-0.15, -0.1) is 0 Å². The third-order valence-corrected chi connectivity index (χ3v) is 6.80. The molecule has 2 amide bonds. The fraction of sp³-hybridized carbons (Fsp3) is 0.250. The molecule has 1 atom stereocenters. The molecule has 184 valence electrons. The van der Waals surface area contributed by atoms with Crippen molar-refractivity contribution in [1.29, 1.82) is 0 Å². The van der Waals surface area contributed by atoms with Crippen LogP contribution in [0.5, 0.6) is 0 Å². The van der Waals surface area contributed by atoms with Crippen LogP contribution in [0.4, 0.5) is 4.39 Å². The van der Waals surface area contributed by atoms with Crippen LogP contribution in [0.1, 0.15) is 56.6 Å². The third-order valence-electron chi connectivity index (χ3n) is 6.56. The molecule has 6 nitrogen and oxygen atoms in total. The van der Waals surface area contributed by atoms with Gasteiger partial charge in [0.15, 0.2) is 0 Å². The summed E-state index contributed by atoms with van der Waals surface area (Å²) in [5.41, 5.74) is 4.17. The van der Waals surface area contributed by atoms with Gasteiger partial charge in [0.25, 0.3) is 11.8 Å². The average molecular weight is 505 g/mol. The monoisotopic (exact) mass is 504 g/mol. The predicted molar refractivity (Wildman–Crippen MR) is 138 cm³/mol. The lowest BCUT2D eigenvalue weighted by Gasteiger charge is -2.19. The Bertz CT molecular complexity index is 1430. The molecule has 0 saturated carbocycles. The second kappa shape index (κ2) is 10.1. The first kappa shape index (κ1) is 24.0. The van der Waals surface area contributed by atoms with E-state index in [1.807, 2.05) is 17.9 Å². The quantitative estimate of drug-likeness (QED) is 0.358. The summed E-state index contributed by atoms with van der Waals surface area (Å²) in [4.78, 5) is 35.9. The molecule has 8 heteroatoms. The van der Waals surface area contributed by atoms with Gasteiger partial charge in [-0.3, -0.25) is 9.59 Å². The summed E-state index contributed by atoms with van der Waals surface area (Å²) in [5, 5.41) is 3.63. The van der Waals surface area contributed by atoms with Crippen molar-refractivity contribution in [3.05, 3.63) is 99.6 Å². The maximum absolute atomic E-state index is 13.5. The Balaban J connectivity index is 1.41. The number of carbonyl (C=O) groups excluding carboxylic acids is 2. The topological polar surface area (TPSA) is 78.1 Å². The van der Waals surface area contributed by atoms with E-state index < -0.39 is 6.04 Å². The number of nitrogens with one attached hydrogen (secondary N) is 2. The predicted octanol–water partition coefficient (Wildman–Crippen LogP) is 5.61. The van der Waals surface area contributed by atoms with E-state index >= 15 is 0 Å². The second-order valence-corrected chi connectivity index (χ2v) is 9.61. The Hall–Kier alpha value is -3.71. The molecule has 0 aliphatic carbocycles. The Morgan fingerprint density at radius 1 is 1.08 bits per heavy atom. The SMILES string of the molecule is Cc1cc(C(=O)N[C@@H](Cc2ccc(F)cc2)c2nc3cc(Cl)ccc3[nH]2)ccc1C(=O)N1CCCC1. The molecule has 0 radical (unpaired) electrons. The molecule has 2 heterocycles. The van der Waals surface area contributed by atoms with Crippen molar-refractivity contribution in [2.75, 3.05) is 13.1 Å². The van der Waals surface area contributed by atoms with Gasteiger partial charge in [-0.2, -0.15) is 0 Å². The zero-order valence-electron chi connectivity index (χ0n) is 19.9. The fourth-order valence-electron chi connectivity index (χ4n) is 4.61. The average Bonchev–Trinajstić information content (AvgIpc) is 3.54. The first-order valence-electron chi connectivity index (χ1n) is 12.0. The number of halogens is 2. The number of aryl methyl sites for hydroxylation is 1. The Morgan fingerprint density at radius 3 is 2.56 bits per heavy atom. The lowest BCUT2D eigenvalue weighted by atomic mass is 10.0. The van der Waals surface area contributed by atoms with E-state index in [1.54, 1.807) is 42.5 Å². The van der Waals surface area contributed by atoms with Crippen LogP contribution in [0.2, 0.25) is 5.02 Å². The molecule has 2 N–H and O–H groups in total. The number of rotatable bonds is 6. The number of carbonyl (C=O) groups is 2. The van der Waals surface area contributed by atoms with Crippen LogP contribution in [0.3, 0.4) is 0 Å². The van der Waals surface area contributed by atoms with Crippen molar-refractivity contribution < 1.29 is 14.0 Å². The van der Waals surface area contributed by atoms with Crippen LogP contribution < -0.4 is 5.32 Å². The molecule has 0 unspecified atom stereocenters. The number of amides is 2. The number of imidazole rings is 1. The number of aromatic nitrogens is 2.